The van der Waals surface area contributed by atoms with Crippen molar-refractivity contribution in [3.63, 3.8) is 0 Å². The molecule has 8 aromatic carbocycles. The normalized spacial score (nSPS) is 12.0. The smallest absolute Gasteiger partial charge is 0.120 e. The number of hydrogen-bond donors (Lipinski definition) is 4. The van der Waals surface area contributed by atoms with E-state index in [1.807, 2.05) is 12.1 Å². The van der Waals surface area contributed by atoms with E-state index < -0.39 is 5.92 Å². The molecule has 0 heterocycles. The van der Waals surface area contributed by atoms with Crippen molar-refractivity contribution in [2.24, 2.45) is 0 Å². The van der Waals surface area contributed by atoms with E-state index in [-0.39, 0.29) is 23.0 Å². The predicted octanol–water partition coefficient (Wildman–Crippen LogP) is 8.89. The van der Waals surface area contributed by atoms with Gasteiger partial charge in [0.05, 0.1) is 0 Å². The van der Waals surface area contributed by atoms with Gasteiger partial charge in [0.25, 0.3) is 0 Å². The lowest BCUT2D eigenvalue weighted by molar-refractivity contribution is 0.460. The summed E-state index contributed by atoms with van der Waals surface area (Å²) in [7, 11) is 0. The molecule has 196 valence electrons. The van der Waals surface area contributed by atoms with Gasteiger partial charge in [-0.05, 0) is 95.8 Å². The number of hydrogen-bond acceptors (Lipinski definition) is 4. The van der Waals surface area contributed by atoms with E-state index in [1.54, 1.807) is 48.5 Å². The van der Waals surface area contributed by atoms with Crippen LogP contribution >= 0.6 is 0 Å². The molecular weight excluding hydrogens is 508 g/mol. The molecule has 0 aliphatic heterocycles. The maximum atomic E-state index is 11.5. The number of phenols is 4. The maximum absolute atomic E-state index is 11.5. The molecule has 4 heteroatoms. The highest BCUT2D eigenvalue weighted by atomic mass is 16.3. The summed E-state index contributed by atoms with van der Waals surface area (Å²) in [6, 6.07) is 36.2. The molecule has 0 saturated heterocycles. The van der Waals surface area contributed by atoms with Crippen LogP contribution in [0.2, 0.25) is 0 Å². The Kier molecular flexibility index (Phi) is 4.86. The molecule has 8 aromatic rings. The summed E-state index contributed by atoms with van der Waals surface area (Å²) in [6.45, 7) is 0. The van der Waals surface area contributed by atoms with Crippen LogP contribution in [0.1, 0.15) is 22.6 Å². The highest BCUT2D eigenvalue weighted by Gasteiger charge is 2.29. The molecule has 0 aliphatic rings. The van der Waals surface area contributed by atoms with Crippen LogP contribution < -0.4 is 0 Å². The quantitative estimate of drug-likeness (QED) is 0.135. The number of benzene rings is 8. The SMILES string of the molecule is Oc1ccc2c(C(c3c(O)ccc4cc(O)ccc34)c3ccc4ccc5cccc6ccc3c4c56)c(O)ccc2c1. The Bertz CT molecular complexity index is 2210. The minimum atomic E-state index is -0.582. The summed E-state index contributed by atoms with van der Waals surface area (Å²) in [4.78, 5) is 0. The lowest BCUT2D eigenvalue weighted by Gasteiger charge is -2.26. The first-order chi connectivity index (χ1) is 20.0. The molecule has 0 bridgehead atoms. The maximum Gasteiger partial charge on any atom is 0.120 e. The van der Waals surface area contributed by atoms with Crippen LogP contribution in [0.5, 0.6) is 23.0 Å². The Balaban J connectivity index is 1.57. The van der Waals surface area contributed by atoms with Gasteiger partial charge in [-0.2, -0.15) is 0 Å². The third-order valence-electron chi connectivity index (χ3n) is 8.49. The van der Waals surface area contributed by atoms with Crippen LogP contribution in [-0.2, 0) is 0 Å². The topological polar surface area (TPSA) is 80.9 Å². The van der Waals surface area contributed by atoms with Gasteiger partial charge in [-0.25, -0.2) is 0 Å². The van der Waals surface area contributed by atoms with E-state index in [2.05, 4.69) is 54.6 Å². The second kappa shape index (κ2) is 8.51. The lowest BCUT2D eigenvalue weighted by atomic mass is 9.77. The Morgan fingerprint density at radius 1 is 0.390 bits per heavy atom. The average Bonchev–Trinajstić information content (AvgIpc) is 2.98. The average molecular weight is 533 g/mol. The summed E-state index contributed by atoms with van der Waals surface area (Å²) < 4.78 is 0. The van der Waals surface area contributed by atoms with Crippen LogP contribution in [0.3, 0.4) is 0 Å². The third-order valence-corrected chi connectivity index (χ3v) is 8.49. The Labute approximate surface area is 234 Å². The molecule has 0 unspecified atom stereocenters. The van der Waals surface area contributed by atoms with Gasteiger partial charge in [0.1, 0.15) is 23.0 Å². The molecule has 41 heavy (non-hydrogen) atoms. The Hall–Kier alpha value is -5.48. The van der Waals surface area contributed by atoms with Crippen molar-refractivity contribution in [2.45, 2.75) is 5.92 Å². The van der Waals surface area contributed by atoms with Crippen LogP contribution in [0.4, 0.5) is 0 Å². The predicted molar refractivity (Wildman–Crippen MR) is 166 cm³/mol. The van der Waals surface area contributed by atoms with Gasteiger partial charge in [0.15, 0.2) is 0 Å². The van der Waals surface area contributed by atoms with Crippen molar-refractivity contribution in [3.8, 4) is 23.0 Å². The second-order valence-corrected chi connectivity index (χ2v) is 10.8. The minimum absolute atomic E-state index is 0.0917. The fourth-order valence-corrected chi connectivity index (χ4v) is 6.73. The fourth-order valence-electron chi connectivity index (χ4n) is 6.73. The van der Waals surface area contributed by atoms with Gasteiger partial charge < -0.3 is 20.4 Å². The van der Waals surface area contributed by atoms with Crippen molar-refractivity contribution in [1.29, 1.82) is 0 Å². The van der Waals surface area contributed by atoms with Gasteiger partial charge in [-0.15, -0.1) is 0 Å². The van der Waals surface area contributed by atoms with Crippen molar-refractivity contribution in [3.05, 3.63) is 132 Å². The van der Waals surface area contributed by atoms with E-state index in [9.17, 15) is 20.4 Å². The van der Waals surface area contributed by atoms with Gasteiger partial charge in [-0.3, -0.25) is 0 Å². The molecule has 4 nitrogen and oxygen atoms in total. The van der Waals surface area contributed by atoms with Crippen LogP contribution in [0.25, 0.3) is 53.9 Å². The van der Waals surface area contributed by atoms with E-state index in [0.717, 1.165) is 54.0 Å². The number of phenolic OH excluding ortho intramolecular Hbond substituents is 4. The summed E-state index contributed by atoms with van der Waals surface area (Å²) >= 11 is 0. The van der Waals surface area contributed by atoms with Gasteiger partial charge in [0, 0.05) is 17.0 Å². The molecule has 0 spiro atoms. The van der Waals surface area contributed by atoms with Crippen LogP contribution in [0, 0.1) is 0 Å². The molecular formula is C37H24O4. The summed E-state index contributed by atoms with van der Waals surface area (Å²) in [5.74, 6) is -0.127. The molecule has 0 saturated carbocycles. The summed E-state index contributed by atoms with van der Waals surface area (Å²) in [5.41, 5.74) is 2.20. The van der Waals surface area contributed by atoms with Gasteiger partial charge in [0.2, 0.25) is 0 Å². The van der Waals surface area contributed by atoms with E-state index in [1.165, 1.54) is 5.39 Å². The second-order valence-electron chi connectivity index (χ2n) is 10.8. The molecule has 0 aromatic heterocycles. The van der Waals surface area contributed by atoms with Crippen molar-refractivity contribution < 1.29 is 20.4 Å². The van der Waals surface area contributed by atoms with Gasteiger partial charge in [-0.1, -0.05) is 78.9 Å². The van der Waals surface area contributed by atoms with Gasteiger partial charge >= 0.3 is 0 Å². The summed E-state index contributed by atoms with van der Waals surface area (Å²) in [6.07, 6.45) is 0. The molecule has 8 rings (SSSR count). The Morgan fingerprint density at radius 2 is 0.854 bits per heavy atom. The van der Waals surface area contributed by atoms with Crippen LogP contribution in [0.15, 0.2) is 115 Å². The van der Waals surface area contributed by atoms with E-state index in [0.29, 0.717) is 11.1 Å². The number of rotatable bonds is 3. The third kappa shape index (κ3) is 3.41. The van der Waals surface area contributed by atoms with Crippen molar-refractivity contribution in [2.75, 3.05) is 0 Å². The van der Waals surface area contributed by atoms with Crippen molar-refractivity contribution >= 4 is 53.9 Å². The zero-order valence-corrected chi connectivity index (χ0v) is 21.8. The first-order valence-electron chi connectivity index (χ1n) is 13.5. The minimum Gasteiger partial charge on any atom is -0.508 e. The lowest BCUT2D eigenvalue weighted by Crippen LogP contribution is -2.07. The van der Waals surface area contributed by atoms with Crippen LogP contribution in [-0.4, -0.2) is 20.4 Å². The zero-order valence-electron chi connectivity index (χ0n) is 21.8. The first-order valence-corrected chi connectivity index (χ1v) is 13.5. The summed E-state index contributed by atoms with van der Waals surface area (Å²) in [5, 5.41) is 53.4. The fraction of sp³-hybridized carbons (Fsp3) is 0.0270. The van der Waals surface area contributed by atoms with Crippen molar-refractivity contribution in [1.82, 2.24) is 0 Å². The standard InChI is InChI=1S/C37H24O4/c38-25-10-14-27-23(18-25)8-16-31(40)35(27)37(36-28-15-11-26(39)19-24(28)9-17-32(36)41)30-13-7-22-5-4-20-2-1-3-21-6-12-29(30)34(22)33(20)21/h1-19,37-41H. The van der Waals surface area contributed by atoms with E-state index in [4.69, 9.17) is 0 Å². The molecule has 0 amide bonds. The molecule has 0 fully saturated rings. The first kappa shape index (κ1) is 23.4. The monoisotopic (exact) mass is 532 g/mol. The highest BCUT2D eigenvalue weighted by Crippen LogP contribution is 2.50. The number of aromatic hydroxyl groups is 4. The zero-order chi connectivity index (χ0) is 27.8. The number of fused-ring (bicyclic) bond motifs is 2. The molecule has 0 radical (unpaired) electrons. The molecule has 0 aliphatic carbocycles. The van der Waals surface area contributed by atoms with E-state index >= 15 is 0 Å². The molecule has 0 atom stereocenters. The largest absolute Gasteiger partial charge is 0.508 e. The molecule has 4 N–H and O–H groups in total. The Morgan fingerprint density at radius 3 is 1.44 bits per heavy atom. The highest BCUT2D eigenvalue weighted by molar-refractivity contribution is 6.23.